The summed E-state index contributed by atoms with van der Waals surface area (Å²) >= 11 is 0. The first kappa shape index (κ1) is 17.2. The summed E-state index contributed by atoms with van der Waals surface area (Å²) in [7, 11) is 0. The second-order valence-electron chi connectivity index (χ2n) is 4.33. The average Bonchev–Trinajstić information content (AvgIpc) is 2.42. The zero-order valence-electron chi connectivity index (χ0n) is 11.3. The van der Waals surface area contributed by atoms with E-state index in [4.69, 9.17) is 4.74 Å². The molecule has 118 valence electrons. The van der Waals surface area contributed by atoms with Crippen LogP contribution in [0.15, 0.2) is 0 Å². The third-order valence-electron chi connectivity index (χ3n) is 2.21. The van der Waals surface area contributed by atoms with Crippen molar-refractivity contribution in [3.05, 3.63) is 29.1 Å². The van der Waals surface area contributed by atoms with Gasteiger partial charge in [0.2, 0.25) is 34.8 Å². The van der Waals surface area contributed by atoms with Crippen molar-refractivity contribution >= 4 is 5.97 Å². The molecule has 0 aliphatic heterocycles. The second-order valence-corrected chi connectivity index (χ2v) is 4.33. The molecule has 4 nitrogen and oxygen atoms in total. The molecule has 1 atom stereocenters. The van der Waals surface area contributed by atoms with E-state index in [9.17, 15) is 26.7 Å². The molecule has 21 heavy (non-hydrogen) atoms. The van der Waals surface area contributed by atoms with Crippen LogP contribution in [-0.4, -0.2) is 18.1 Å². The second kappa shape index (κ2) is 6.70. The van der Waals surface area contributed by atoms with Crippen molar-refractivity contribution in [2.45, 2.75) is 32.9 Å². The minimum atomic E-state index is -2.30. The molecule has 1 rings (SSSR count). The predicted octanol–water partition coefficient (Wildman–Crippen LogP) is 2.61. The SMILES string of the molecule is CC(C)OC(=O)C(C)NOc1c(F)c(F)c(F)c(F)c1F. The Morgan fingerprint density at radius 2 is 1.33 bits per heavy atom. The summed E-state index contributed by atoms with van der Waals surface area (Å²) in [4.78, 5) is 15.7. The fourth-order valence-electron chi connectivity index (χ4n) is 1.20. The number of benzene rings is 1. The molecule has 0 saturated heterocycles. The largest absolute Gasteiger partial charge is 0.462 e. The van der Waals surface area contributed by atoms with Gasteiger partial charge in [-0.05, 0) is 20.8 Å². The number of hydrogen-bond donors (Lipinski definition) is 1. The van der Waals surface area contributed by atoms with E-state index in [1.165, 1.54) is 6.92 Å². The van der Waals surface area contributed by atoms with E-state index in [1.54, 1.807) is 13.8 Å². The summed E-state index contributed by atoms with van der Waals surface area (Å²) in [6, 6.07) is -1.19. The average molecular weight is 313 g/mol. The van der Waals surface area contributed by atoms with E-state index in [0.29, 0.717) is 0 Å². The van der Waals surface area contributed by atoms with Crippen LogP contribution in [0.2, 0.25) is 0 Å². The summed E-state index contributed by atoms with van der Waals surface area (Å²) in [6.07, 6.45) is -0.448. The van der Waals surface area contributed by atoms with Crippen molar-refractivity contribution in [1.29, 1.82) is 0 Å². The summed E-state index contributed by atoms with van der Waals surface area (Å²) < 4.78 is 69.9. The zero-order chi connectivity index (χ0) is 16.3. The molecule has 1 N–H and O–H groups in total. The molecule has 0 heterocycles. The highest BCUT2D eigenvalue weighted by Crippen LogP contribution is 2.28. The fraction of sp³-hybridized carbons (Fsp3) is 0.417. The molecular formula is C12H12F5NO3. The number of carbonyl (C=O) groups excluding carboxylic acids is 1. The number of ether oxygens (including phenoxy) is 1. The van der Waals surface area contributed by atoms with Crippen LogP contribution in [0.1, 0.15) is 20.8 Å². The Labute approximate surface area is 116 Å². The van der Waals surface area contributed by atoms with Crippen LogP contribution in [0.3, 0.4) is 0 Å². The zero-order valence-corrected chi connectivity index (χ0v) is 11.3. The van der Waals surface area contributed by atoms with Crippen LogP contribution in [-0.2, 0) is 9.53 Å². The molecule has 0 aliphatic carbocycles. The third-order valence-corrected chi connectivity index (χ3v) is 2.21. The maximum atomic E-state index is 13.3. The van der Waals surface area contributed by atoms with Gasteiger partial charge in [0.05, 0.1) is 6.10 Å². The number of halogens is 5. The van der Waals surface area contributed by atoms with Crippen LogP contribution in [0, 0.1) is 29.1 Å². The van der Waals surface area contributed by atoms with E-state index in [-0.39, 0.29) is 0 Å². The lowest BCUT2D eigenvalue weighted by atomic mass is 10.3. The quantitative estimate of drug-likeness (QED) is 0.298. The molecule has 1 unspecified atom stereocenters. The van der Waals surface area contributed by atoms with Gasteiger partial charge in [-0.25, -0.2) is 13.2 Å². The van der Waals surface area contributed by atoms with Crippen molar-refractivity contribution in [3.8, 4) is 5.75 Å². The maximum Gasteiger partial charge on any atom is 0.326 e. The van der Waals surface area contributed by atoms with Gasteiger partial charge in [0.1, 0.15) is 6.04 Å². The Kier molecular flexibility index (Phi) is 5.47. The smallest absolute Gasteiger partial charge is 0.326 e. The van der Waals surface area contributed by atoms with Gasteiger partial charge in [0, 0.05) is 0 Å². The summed E-state index contributed by atoms with van der Waals surface area (Å²) in [6.45, 7) is 4.35. The minimum absolute atomic E-state index is 0.448. The molecule has 9 heteroatoms. The minimum Gasteiger partial charge on any atom is -0.462 e. The number of hydrogen-bond acceptors (Lipinski definition) is 4. The monoisotopic (exact) mass is 313 g/mol. The lowest BCUT2D eigenvalue weighted by molar-refractivity contribution is -0.151. The number of esters is 1. The number of carbonyl (C=O) groups is 1. The molecule has 0 radical (unpaired) electrons. The Morgan fingerprint density at radius 3 is 1.76 bits per heavy atom. The molecule has 0 aromatic heterocycles. The summed E-state index contributed by atoms with van der Waals surface area (Å²) in [5.74, 6) is -13.3. The van der Waals surface area contributed by atoms with E-state index in [0.717, 1.165) is 0 Å². The van der Waals surface area contributed by atoms with Gasteiger partial charge >= 0.3 is 5.97 Å². The number of hydroxylamine groups is 1. The highest BCUT2D eigenvalue weighted by molar-refractivity contribution is 5.75. The van der Waals surface area contributed by atoms with Gasteiger partial charge in [-0.3, -0.25) is 4.79 Å². The Morgan fingerprint density at radius 1 is 0.905 bits per heavy atom. The molecule has 0 bridgehead atoms. The molecule has 0 saturated carbocycles. The van der Waals surface area contributed by atoms with Crippen LogP contribution in [0.4, 0.5) is 22.0 Å². The van der Waals surface area contributed by atoms with Crippen molar-refractivity contribution < 1.29 is 36.3 Å². The maximum absolute atomic E-state index is 13.3. The van der Waals surface area contributed by atoms with Crippen molar-refractivity contribution in [3.63, 3.8) is 0 Å². The van der Waals surface area contributed by atoms with E-state index in [2.05, 4.69) is 4.84 Å². The van der Waals surface area contributed by atoms with E-state index < -0.39 is 53.0 Å². The first-order valence-electron chi connectivity index (χ1n) is 5.81. The van der Waals surface area contributed by atoms with E-state index >= 15 is 0 Å². The molecule has 0 amide bonds. The highest BCUT2D eigenvalue weighted by atomic mass is 19.2. The van der Waals surface area contributed by atoms with Crippen molar-refractivity contribution in [2.24, 2.45) is 0 Å². The molecule has 1 aromatic rings. The number of rotatable bonds is 5. The van der Waals surface area contributed by atoms with Crippen LogP contribution in [0.25, 0.3) is 0 Å². The number of nitrogens with one attached hydrogen (secondary N) is 1. The lowest BCUT2D eigenvalue weighted by Crippen LogP contribution is -2.39. The standard InChI is InChI=1S/C12H12F5NO3/c1-4(2)20-12(19)5(3)18-21-11-9(16)7(14)6(13)8(15)10(11)17/h4-5,18H,1-3H3. The predicted molar refractivity (Wildman–Crippen MR) is 60.7 cm³/mol. The first-order chi connectivity index (χ1) is 9.66. The Hall–Kier alpha value is -1.90. The van der Waals surface area contributed by atoms with Gasteiger partial charge in [-0.1, -0.05) is 0 Å². The highest BCUT2D eigenvalue weighted by Gasteiger charge is 2.28. The van der Waals surface area contributed by atoms with Gasteiger partial charge in [-0.2, -0.15) is 8.78 Å². The fourth-order valence-corrected chi connectivity index (χ4v) is 1.20. The lowest BCUT2D eigenvalue weighted by Gasteiger charge is -2.16. The molecule has 1 aromatic carbocycles. The topological polar surface area (TPSA) is 47.6 Å². The third kappa shape index (κ3) is 3.81. The first-order valence-corrected chi connectivity index (χ1v) is 5.81. The summed E-state index contributed by atoms with van der Waals surface area (Å²) in [5.41, 5.74) is 1.85. The Balaban J connectivity index is 2.88. The van der Waals surface area contributed by atoms with Gasteiger partial charge in [0.15, 0.2) is 0 Å². The van der Waals surface area contributed by atoms with Crippen LogP contribution < -0.4 is 10.3 Å². The molecule has 0 aliphatic rings. The van der Waals surface area contributed by atoms with Crippen LogP contribution >= 0.6 is 0 Å². The van der Waals surface area contributed by atoms with Crippen LogP contribution in [0.5, 0.6) is 5.75 Å². The van der Waals surface area contributed by atoms with Gasteiger partial charge in [-0.15, -0.1) is 5.48 Å². The molecule has 0 spiro atoms. The molecular weight excluding hydrogens is 301 g/mol. The Bertz CT molecular complexity index is 521. The molecule has 0 fully saturated rings. The van der Waals surface area contributed by atoms with Crippen molar-refractivity contribution in [1.82, 2.24) is 5.48 Å². The summed E-state index contributed by atoms with van der Waals surface area (Å²) in [5, 5.41) is 0. The normalized spacial score (nSPS) is 12.4. The van der Waals surface area contributed by atoms with Gasteiger partial charge in [0.25, 0.3) is 0 Å². The van der Waals surface area contributed by atoms with Crippen molar-refractivity contribution in [2.75, 3.05) is 0 Å². The van der Waals surface area contributed by atoms with E-state index in [1.807, 2.05) is 5.48 Å². The van der Waals surface area contributed by atoms with Gasteiger partial charge < -0.3 is 9.57 Å².